The summed E-state index contributed by atoms with van der Waals surface area (Å²) in [6.07, 6.45) is -0.487. The van der Waals surface area contributed by atoms with E-state index in [1.54, 1.807) is 4.52 Å². The van der Waals surface area contributed by atoms with Crippen molar-refractivity contribution in [2.75, 3.05) is 5.32 Å². The molecule has 0 aliphatic heterocycles. The summed E-state index contributed by atoms with van der Waals surface area (Å²) in [5.74, 6) is -1.92. The maximum atomic E-state index is 11.2. The van der Waals surface area contributed by atoms with Crippen molar-refractivity contribution in [2.45, 2.75) is 31.7 Å². The van der Waals surface area contributed by atoms with Crippen LogP contribution in [0.2, 0.25) is 0 Å². The van der Waals surface area contributed by atoms with Crippen LogP contribution < -0.4 is 5.32 Å². The highest BCUT2D eigenvalue weighted by Crippen LogP contribution is 2.30. The van der Waals surface area contributed by atoms with Crippen molar-refractivity contribution in [3.05, 3.63) is 34.2 Å². The van der Waals surface area contributed by atoms with Gasteiger partial charge in [-0.15, -0.1) is 11.3 Å². The van der Waals surface area contributed by atoms with Crippen molar-refractivity contribution in [2.24, 2.45) is 0 Å². The molecule has 29 heavy (non-hydrogen) atoms. The number of rotatable bonds is 5. The van der Waals surface area contributed by atoms with E-state index in [9.17, 15) is 23.1 Å². The van der Waals surface area contributed by atoms with Gasteiger partial charge >= 0.3 is 12.1 Å². The Morgan fingerprint density at radius 2 is 2.07 bits per heavy atom. The average Bonchev–Trinajstić information content (AvgIpc) is 3.20. The number of hydrogen-bond acceptors (Lipinski definition) is 7. The molecule has 8 nitrogen and oxygen atoms in total. The molecule has 3 heterocycles. The molecule has 0 aromatic carbocycles. The molecule has 1 saturated carbocycles. The first kappa shape index (κ1) is 20.7. The molecular weight excluding hydrogens is 413 g/mol. The van der Waals surface area contributed by atoms with Crippen molar-refractivity contribution in [1.82, 2.24) is 14.6 Å². The smallest absolute Gasteiger partial charge is 0.475 e. The van der Waals surface area contributed by atoms with Gasteiger partial charge in [0.2, 0.25) is 0 Å². The molecule has 0 radical (unpaired) electrons. The molecule has 1 aliphatic rings. The van der Waals surface area contributed by atoms with Crippen molar-refractivity contribution < 1.29 is 33.0 Å². The Morgan fingerprint density at radius 3 is 2.59 bits per heavy atom. The molecule has 0 atom stereocenters. The number of aliphatic carboxylic acids is 1. The van der Waals surface area contributed by atoms with Crippen LogP contribution in [0, 0.1) is 0 Å². The van der Waals surface area contributed by atoms with Crippen LogP contribution in [-0.4, -0.2) is 49.3 Å². The van der Waals surface area contributed by atoms with Crippen LogP contribution in [0.1, 0.15) is 28.1 Å². The number of fused-ring (bicyclic) bond motifs is 1. The highest BCUT2D eigenvalue weighted by Gasteiger charge is 2.38. The molecule has 0 spiro atoms. The fourth-order valence-electron chi connectivity index (χ4n) is 2.35. The van der Waals surface area contributed by atoms with Gasteiger partial charge in [-0.1, -0.05) is 0 Å². The van der Waals surface area contributed by atoms with Crippen LogP contribution >= 0.6 is 11.3 Å². The number of nitrogens with one attached hydrogen (secondary N) is 1. The van der Waals surface area contributed by atoms with Crippen LogP contribution in [0.3, 0.4) is 0 Å². The van der Waals surface area contributed by atoms with Crippen molar-refractivity contribution >= 4 is 35.1 Å². The monoisotopic (exact) mass is 428 g/mol. The number of thiophene rings is 1. The van der Waals surface area contributed by atoms with E-state index in [1.807, 2.05) is 17.5 Å². The maximum absolute atomic E-state index is 11.2. The Morgan fingerprint density at radius 1 is 1.38 bits per heavy atom. The molecule has 0 amide bonds. The zero-order chi connectivity index (χ0) is 21.2. The lowest BCUT2D eigenvalue weighted by molar-refractivity contribution is -0.192. The van der Waals surface area contributed by atoms with Gasteiger partial charge in [-0.2, -0.15) is 22.8 Å². The van der Waals surface area contributed by atoms with E-state index >= 15 is 0 Å². The Labute approximate surface area is 165 Å². The SMILES string of the molecule is O=C(O)C(F)(F)F.O=Cc1cnn2c(NC3CC3)cc(-c3csc(CO)c3)nc12. The third kappa shape index (κ3) is 4.90. The Balaban J connectivity index is 0.000000298. The van der Waals surface area contributed by atoms with E-state index < -0.39 is 12.1 Å². The highest BCUT2D eigenvalue weighted by atomic mass is 32.1. The molecule has 12 heteroatoms. The largest absolute Gasteiger partial charge is 0.490 e. The summed E-state index contributed by atoms with van der Waals surface area (Å²) in [5.41, 5.74) is 2.73. The fourth-order valence-corrected chi connectivity index (χ4v) is 3.09. The number of nitrogens with zero attached hydrogens (tertiary/aromatic N) is 3. The zero-order valence-corrected chi connectivity index (χ0v) is 15.5. The summed E-state index contributed by atoms with van der Waals surface area (Å²) < 4.78 is 33.4. The van der Waals surface area contributed by atoms with Crippen LogP contribution in [0.25, 0.3) is 16.9 Å². The average molecular weight is 428 g/mol. The van der Waals surface area contributed by atoms with E-state index in [1.165, 1.54) is 17.5 Å². The Bertz CT molecular complexity index is 1040. The lowest BCUT2D eigenvalue weighted by Gasteiger charge is -2.09. The molecule has 154 valence electrons. The minimum Gasteiger partial charge on any atom is -0.475 e. The normalized spacial score (nSPS) is 13.7. The molecule has 1 fully saturated rings. The number of hydrogen-bond donors (Lipinski definition) is 3. The van der Waals surface area contributed by atoms with Gasteiger partial charge in [-0.25, -0.2) is 9.78 Å². The molecule has 0 saturated heterocycles. The second-order valence-corrected chi connectivity index (χ2v) is 7.16. The summed E-state index contributed by atoms with van der Waals surface area (Å²) in [4.78, 5) is 25.5. The van der Waals surface area contributed by atoms with E-state index in [4.69, 9.17) is 9.90 Å². The number of aliphatic hydroxyl groups is 1. The van der Waals surface area contributed by atoms with Crippen molar-refractivity contribution in [1.29, 1.82) is 0 Å². The Kier molecular flexibility index (Phi) is 5.84. The number of carbonyl (C=O) groups excluding carboxylic acids is 1. The second-order valence-electron chi connectivity index (χ2n) is 6.16. The Hall–Kier alpha value is -2.99. The molecule has 3 N–H and O–H groups in total. The first-order valence-corrected chi connectivity index (χ1v) is 9.20. The molecule has 3 aromatic heterocycles. The number of carbonyl (C=O) groups is 2. The predicted molar refractivity (Wildman–Crippen MR) is 97.9 cm³/mol. The first-order chi connectivity index (χ1) is 13.7. The molecule has 1 aliphatic carbocycles. The highest BCUT2D eigenvalue weighted by molar-refractivity contribution is 7.10. The van der Waals surface area contributed by atoms with Gasteiger partial charge in [0.05, 0.1) is 24.1 Å². The van der Waals surface area contributed by atoms with Crippen LogP contribution in [0.5, 0.6) is 0 Å². The number of carboxylic acids is 1. The van der Waals surface area contributed by atoms with Gasteiger partial charge in [0.1, 0.15) is 5.82 Å². The third-order valence-corrected chi connectivity index (χ3v) is 4.82. The topological polar surface area (TPSA) is 117 Å². The van der Waals surface area contributed by atoms with Gasteiger partial charge in [-0.3, -0.25) is 4.79 Å². The lowest BCUT2D eigenvalue weighted by atomic mass is 10.2. The second kappa shape index (κ2) is 8.17. The number of carboxylic acid groups (broad SMARTS) is 1. The van der Waals surface area contributed by atoms with Crippen molar-refractivity contribution in [3.8, 4) is 11.3 Å². The number of aromatic nitrogens is 3. The van der Waals surface area contributed by atoms with Gasteiger partial charge in [0, 0.05) is 27.9 Å². The van der Waals surface area contributed by atoms with Crippen LogP contribution in [0.4, 0.5) is 19.0 Å². The summed E-state index contributed by atoms with van der Waals surface area (Å²) >= 11 is 1.49. The summed E-state index contributed by atoms with van der Waals surface area (Å²) in [7, 11) is 0. The van der Waals surface area contributed by atoms with Gasteiger partial charge in [-0.05, 0) is 18.9 Å². The van der Waals surface area contributed by atoms with E-state index in [2.05, 4.69) is 15.4 Å². The van der Waals surface area contributed by atoms with Crippen LogP contribution in [0.15, 0.2) is 23.7 Å². The van der Waals surface area contributed by atoms with Crippen LogP contribution in [-0.2, 0) is 11.4 Å². The lowest BCUT2D eigenvalue weighted by Crippen LogP contribution is -2.21. The van der Waals surface area contributed by atoms with E-state index in [0.717, 1.165) is 41.1 Å². The standard InChI is InChI=1S/C15H14N4O2S.C2HF3O2/c20-6-10-5-16-19-14(17-11-1-2-11)4-13(18-15(10)19)9-3-12(7-21)22-8-9;3-2(4,5)1(6)7/h3-6,8,11,17,21H,1-2,7H2;(H,6,7). The number of halogens is 3. The zero-order valence-electron chi connectivity index (χ0n) is 14.7. The quantitative estimate of drug-likeness (QED) is 0.535. The molecule has 0 bridgehead atoms. The molecule has 0 unspecified atom stereocenters. The number of anilines is 1. The first-order valence-electron chi connectivity index (χ1n) is 8.32. The number of aldehydes is 1. The number of alkyl halides is 3. The van der Waals surface area contributed by atoms with Gasteiger partial charge < -0.3 is 15.5 Å². The number of aliphatic hydroxyl groups excluding tert-OH is 1. The minimum absolute atomic E-state index is 0.0202. The van der Waals surface area contributed by atoms with E-state index in [-0.39, 0.29) is 6.61 Å². The summed E-state index contributed by atoms with van der Waals surface area (Å²) in [6, 6.07) is 4.33. The molecule has 3 aromatic rings. The predicted octanol–water partition coefficient (Wildman–Crippen LogP) is 2.97. The fraction of sp³-hybridized carbons (Fsp3) is 0.294. The van der Waals surface area contributed by atoms with Gasteiger partial charge in [0.15, 0.2) is 11.9 Å². The summed E-state index contributed by atoms with van der Waals surface area (Å²) in [6.45, 7) is 0.0202. The summed E-state index contributed by atoms with van der Waals surface area (Å²) in [5, 5.41) is 26.0. The maximum Gasteiger partial charge on any atom is 0.490 e. The van der Waals surface area contributed by atoms with Crippen molar-refractivity contribution in [3.63, 3.8) is 0 Å². The third-order valence-electron chi connectivity index (χ3n) is 3.90. The molecule has 4 rings (SSSR count). The molecular formula is C17H15F3N4O4S. The van der Waals surface area contributed by atoms with Gasteiger partial charge in [0.25, 0.3) is 0 Å². The minimum atomic E-state index is -5.08. The van der Waals surface area contributed by atoms with E-state index in [0.29, 0.717) is 17.3 Å².